The van der Waals surface area contributed by atoms with Gasteiger partial charge in [-0.1, -0.05) is 0 Å². The van der Waals surface area contributed by atoms with Crippen LogP contribution in [0.1, 0.15) is 35.7 Å². The molecule has 1 heteroatoms. The van der Waals surface area contributed by atoms with Gasteiger partial charge in [-0.25, -0.2) is 0 Å². The fraction of sp³-hybridized carbons (Fsp3) is 0.294. The molecule has 0 spiro atoms. The monoisotopic (exact) mass is 304 g/mol. The van der Waals surface area contributed by atoms with E-state index >= 15 is 0 Å². The molecule has 0 heterocycles. The molecule has 0 saturated heterocycles. The first-order valence-corrected chi connectivity index (χ1v) is 8.83. The molecule has 0 aliphatic carbocycles. The molecule has 2 aromatic carbocycles. The zero-order valence-corrected chi connectivity index (χ0v) is 12.6. The summed E-state index contributed by atoms with van der Waals surface area (Å²) in [5.74, 6) is 0. The van der Waals surface area contributed by atoms with Crippen molar-refractivity contribution in [2.75, 3.05) is 0 Å². The van der Waals surface area contributed by atoms with Crippen molar-refractivity contribution in [3.63, 3.8) is 0 Å². The molecule has 0 aliphatic heterocycles. The summed E-state index contributed by atoms with van der Waals surface area (Å²) in [7, 11) is 0. The summed E-state index contributed by atoms with van der Waals surface area (Å²) in [6, 6.07) is 21.9. The van der Waals surface area contributed by atoms with Gasteiger partial charge in [0.05, 0.1) is 0 Å². The Balaban J connectivity index is 2.18. The molecule has 0 unspecified atom stereocenters. The van der Waals surface area contributed by atoms with Crippen LogP contribution < -0.4 is 0 Å². The first kappa shape index (κ1) is 13.4. The first-order chi connectivity index (χ1) is 8.92. The Hall–Kier alpha value is -1.04. The third-order valence-corrected chi connectivity index (χ3v) is 5.93. The number of rotatable bonds is 6. The van der Waals surface area contributed by atoms with Crippen LogP contribution in [-0.2, 0) is 0 Å². The second-order valence-electron chi connectivity index (χ2n) is 4.43. The fourth-order valence-corrected chi connectivity index (χ4v) is 4.90. The number of unbranched alkanes of at least 4 members (excludes halogenated alkanes) is 1. The van der Waals surface area contributed by atoms with Gasteiger partial charge in [-0.2, -0.15) is 0 Å². The summed E-state index contributed by atoms with van der Waals surface area (Å²) >= 11 is 0.652. The van der Waals surface area contributed by atoms with Gasteiger partial charge in [0, 0.05) is 0 Å². The molecule has 18 heavy (non-hydrogen) atoms. The van der Waals surface area contributed by atoms with E-state index in [0.717, 1.165) is 0 Å². The Bertz CT molecular complexity index is 396. The first-order valence-electron chi connectivity index (χ1n) is 6.63. The molecule has 0 amide bonds. The van der Waals surface area contributed by atoms with Gasteiger partial charge in [0.1, 0.15) is 0 Å². The summed E-state index contributed by atoms with van der Waals surface area (Å²) in [5.41, 5.74) is 2.94. The fourth-order valence-electron chi connectivity index (χ4n) is 1.99. The molecule has 94 valence electrons. The second kappa shape index (κ2) is 7.41. The van der Waals surface area contributed by atoms with Gasteiger partial charge >= 0.3 is 117 Å². The van der Waals surface area contributed by atoms with Crippen molar-refractivity contribution in [3.05, 3.63) is 71.8 Å². The van der Waals surface area contributed by atoms with E-state index in [-0.39, 0.29) is 0 Å². The molecule has 0 N–H and O–H groups in total. The van der Waals surface area contributed by atoms with Gasteiger partial charge in [0.25, 0.3) is 0 Å². The van der Waals surface area contributed by atoms with Gasteiger partial charge in [-0.15, -0.1) is 0 Å². The minimum atomic E-state index is 0.617. The predicted octanol–water partition coefficient (Wildman–Crippen LogP) is 4.70. The Morgan fingerprint density at radius 1 is 0.833 bits per heavy atom. The Morgan fingerprint density at radius 3 is 1.78 bits per heavy atom. The number of hydrogen-bond acceptors (Lipinski definition) is 0. The molecule has 2 aromatic rings. The standard InChI is InChI=1S/C17H20Se/c1-2-3-14-18-17(15-10-6-4-7-11-15)16-12-8-5-9-13-16/h4-13,17H,2-3,14H2,1H3. The molecule has 0 aliphatic rings. The van der Waals surface area contributed by atoms with Crippen LogP contribution in [0.3, 0.4) is 0 Å². The molecule has 0 nitrogen and oxygen atoms in total. The van der Waals surface area contributed by atoms with Crippen molar-refractivity contribution >= 4 is 15.0 Å². The van der Waals surface area contributed by atoms with Crippen LogP contribution in [0.25, 0.3) is 0 Å². The molecule has 0 bridgehead atoms. The normalized spacial score (nSPS) is 10.8. The van der Waals surface area contributed by atoms with Crippen molar-refractivity contribution in [2.24, 2.45) is 0 Å². The van der Waals surface area contributed by atoms with E-state index in [9.17, 15) is 0 Å². The molecule has 0 saturated carbocycles. The van der Waals surface area contributed by atoms with Crippen LogP contribution in [0.2, 0.25) is 5.32 Å². The van der Waals surface area contributed by atoms with E-state index < -0.39 is 0 Å². The van der Waals surface area contributed by atoms with Crippen LogP contribution in [-0.4, -0.2) is 15.0 Å². The third-order valence-electron chi connectivity index (χ3n) is 2.99. The van der Waals surface area contributed by atoms with Gasteiger partial charge in [-0.05, 0) is 0 Å². The Labute approximate surface area is 117 Å². The van der Waals surface area contributed by atoms with E-state index in [2.05, 4.69) is 67.6 Å². The molecule has 0 radical (unpaired) electrons. The number of benzene rings is 2. The molecule has 0 fully saturated rings. The molecule has 2 rings (SSSR count). The zero-order valence-electron chi connectivity index (χ0n) is 10.9. The summed E-state index contributed by atoms with van der Waals surface area (Å²) in [4.78, 5) is 0.617. The minimum absolute atomic E-state index is 0.617. The van der Waals surface area contributed by atoms with Crippen LogP contribution in [0.5, 0.6) is 0 Å². The zero-order chi connectivity index (χ0) is 12.6. The topological polar surface area (TPSA) is 0 Å². The van der Waals surface area contributed by atoms with E-state index in [1.165, 1.54) is 29.3 Å². The Morgan fingerprint density at radius 2 is 1.33 bits per heavy atom. The number of hydrogen-bond donors (Lipinski definition) is 0. The summed E-state index contributed by atoms with van der Waals surface area (Å²) in [6.07, 6.45) is 2.66. The quantitative estimate of drug-likeness (QED) is 0.536. The maximum absolute atomic E-state index is 2.27. The Kier molecular flexibility index (Phi) is 5.51. The molecular formula is C17H20Se. The van der Waals surface area contributed by atoms with Gasteiger partial charge in [-0.3, -0.25) is 0 Å². The van der Waals surface area contributed by atoms with Crippen LogP contribution in [0.4, 0.5) is 0 Å². The summed E-state index contributed by atoms with van der Waals surface area (Å²) in [6.45, 7) is 2.27. The van der Waals surface area contributed by atoms with E-state index in [1.807, 2.05) is 0 Å². The van der Waals surface area contributed by atoms with Crippen molar-refractivity contribution in [3.8, 4) is 0 Å². The van der Waals surface area contributed by atoms with Crippen molar-refractivity contribution in [2.45, 2.75) is 29.9 Å². The van der Waals surface area contributed by atoms with Crippen LogP contribution >= 0.6 is 0 Å². The van der Waals surface area contributed by atoms with E-state index in [4.69, 9.17) is 0 Å². The second-order valence-corrected chi connectivity index (χ2v) is 6.97. The summed E-state index contributed by atoms with van der Waals surface area (Å²) < 4.78 is 0. The summed E-state index contributed by atoms with van der Waals surface area (Å²) in [5, 5.41) is 1.37. The van der Waals surface area contributed by atoms with Crippen molar-refractivity contribution < 1.29 is 0 Å². The average molecular weight is 303 g/mol. The molecule has 0 aromatic heterocycles. The SMILES string of the molecule is CCCC[Se]C(c1ccccc1)c1ccccc1. The van der Waals surface area contributed by atoms with E-state index in [1.54, 1.807) is 0 Å². The van der Waals surface area contributed by atoms with Crippen LogP contribution in [0, 0.1) is 0 Å². The molecule has 0 atom stereocenters. The third kappa shape index (κ3) is 3.73. The van der Waals surface area contributed by atoms with E-state index in [0.29, 0.717) is 19.8 Å². The average Bonchev–Trinajstić information content (AvgIpc) is 2.46. The maximum atomic E-state index is 2.27. The molecular weight excluding hydrogens is 283 g/mol. The predicted molar refractivity (Wildman–Crippen MR) is 80.2 cm³/mol. The van der Waals surface area contributed by atoms with Gasteiger partial charge < -0.3 is 0 Å². The van der Waals surface area contributed by atoms with Crippen molar-refractivity contribution in [1.29, 1.82) is 0 Å². The van der Waals surface area contributed by atoms with Gasteiger partial charge in [0.2, 0.25) is 0 Å². The van der Waals surface area contributed by atoms with Crippen molar-refractivity contribution in [1.82, 2.24) is 0 Å². The van der Waals surface area contributed by atoms with Crippen LogP contribution in [0.15, 0.2) is 60.7 Å². The van der Waals surface area contributed by atoms with Gasteiger partial charge in [0.15, 0.2) is 0 Å².